The highest BCUT2D eigenvalue weighted by Crippen LogP contribution is 2.26. The Morgan fingerprint density at radius 2 is 1.71 bits per heavy atom. The summed E-state index contributed by atoms with van der Waals surface area (Å²) in [4.78, 5) is 8.65. The number of aryl methyl sites for hydroxylation is 1. The van der Waals surface area contributed by atoms with Crippen LogP contribution in [0, 0.1) is 12.7 Å². The van der Waals surface area contributed by atoms with Crippen molar-refractivity contribution in [1.29, 1.82) is 0 Å². The summed E-state index contributed by atoms with van der Waals surface area (Å²) in [6.45, 7) is 1.91. The van der Waals surface area contributed by atoms with Gasteiger partial charge in [0.2, 0.25) is 0 Å². The molecular formula is C17H12ClFN2. The lowest BCUT2D eigenvalue weighted by molar-refractivity contribution is 0.630. The fourth-order valence-electron chi connectivity index (χ4n) is 2.11. The number of hydrogen-bond acceptors (Lipinski definition) is 2. The average Bonchev–Trinajstić information content (AvgIpc) is 2.50. The molecule has 2 aromatic carbocycles. The smallest absolute Gasteiger partial charge is 0.161 e. The quantitative estimate of drug-likeness (QED) is 0.628. The minimum absolute atomic E-state index is 0.291. The van der Waals surface area contributed by atoms with Crippen LogP contribution >= 0.6 is 11.6 Å². The summed E-state index contributed by atoms with van der Waals surface area (Å²) in [5.74, 6) is 0.161. The Labute approximate surface area is 127 Å². The maximum atomic E-state index is 14.0. The maximum Gasteiger partial charge on any atom is 0.161 e. The van der Waals surface area contributed by atoms with Crippen LogP contribution in [0.4, 0.5) is 4.39 Å². The Balaban J connectivity index is 2.16. The lowest BCUT2D eigenvalue weighted by Crippen LogP contribution is -1.95. The van der Waals surface area contributed by atoms with E-state index in [1.54, 1.807) is 18.2 Å². The molecule has 3 rings (SSSR count). The van der Waals surface area contributed by atoms with Crippen LogP contribution in [0.3, 0.4) is 0 Å². The second-order valence-electron chi connectivity index (χ2n) is 4.75. The third-order valence-electron chi connectivity index (χ3n) is 3.12. The van der Waals surface area contributed by atoms with Crippen molar-refractivity contribution < 1.29 is 4.39 Å². The minimum atomic E-state index is -0.325. The molecule has 0 N–H and O–H groups in total. The van der Waals surface area contributed by atoms with E-state index in [1.165, 1.54) is 6.07 Å². The second-order valence-corrected chi connectivity index (χ2v) is 5.14. The van der Waals surface area contributed by atoms with E-state index >= 15 is 0 Å². The molecular weight excluding hydrogens is 287 g/mol. The van der Waals surface area contributed by atoms with E-state index < -0.39 is 0 Å². The van der Waals surface area contributed by atoms with E-state index in [0.717, 1.165) is 11.1 Å². The van der Waals surface area contributed by atoms with Gasteiger partial charge in [0, 0.05) is 17.2 Å². The lowest BCUT2D eigenvalue weighted by Gasteiger charge is -2.07. The molecule has 0 atom stereocenters. The first kappa shape index (κ1) is 13.7. The number of benzene rings is 2. The van der Waals surface area contributed by atoms with Crippen molar-refractivity contribution in [3.63, 3.8) is 0 Å². The highest BCUT2D eigenvalue weighted by molar-refractivity contribution is 6.29. The third kappa shape index (κ3) is 2.93. The topological polar surface area (TPSA) is 25.8 Å². The molecule has 4 heteroatoms. The number of rotatable bonds is 2. The van der Waals surface area contributed by atoms with E-state index in [9.17, 15) is 4.39 Å². The number of halogens is 2. The van der Waals surface area contributed by atoms with Crippen molar-refractivity contribution in [2.24, 2.45) is 0 Å². The predicted octanol–water partition coefficient (Wildman–Crippen LogP) is 4.91. The molecule has 0 amide bonds. The van der Waals surface area contributed by atoms with Gasteiger partial charge in [-0.2, -0.15) is 0 Å². The van der Waals surface area contributed by atoms with Crippen LogP contribution in [-0.4, -0.2) is 9.97 Å². The normalized spacial score (nSPS) is 10.6. The molecule has 3 aromatic rings. The van der Waals surface area contributed by atoms with Gasteiger partial charge < -0.3 is 0 Å². The first-order valence-electron chi connectivity index (χ1n) is 6.50. The van der Waals surface area contributed by atoms with Gasteiger partial charge in [0.25, 0.3) is 0 Å². The minimum Gasteiger partial charge on any atom is -0.228 e. The molecule has 0 aliphatic rings. The van der Waals surface area contributed by atoms with Gasteiger partial charge >= 0.3 is 0 Å². The van der Waals surface area contributed by atoms with Crippen molar-refractivity contribution in [1.82, 2.24) is 9.97 Å². The Morgan fingerprint density at radius 3 is 2.48 bits per heavy atom. The van der Waals surface area contributed by atoms with Gasteiger partial charge in [-0.3, -0.25) is 0 Å². The molecule has 1 aromatic heterocycles. The van der Waals surface area contributed by atoms with Crippen LogP contribution in [0.15, 0.2) is 54.6 Å². The Hall–Kier alpha value is -2.26. The van der Waals surface area contributed by atoms with E-state index in [1.807, 2.05) is 37.3 Å². The van der Waals surface area contributed by atoms with Crippen molar-refractivity contribution in [2.75, 3.05) is 0 Å². The molecule has 0 aliphatic heterocycles. The summed E-state index contributed by atoms with van der Waals surface area (Å²) in [7, 11) is 0. The molecule has 104 valence electrons. The summed E-state index contributed by atoms with van der Waals surface area (Å²) >= 11 is 6.07. The van der Waals surface area contributed by atoms with E-state index in [2.05, 4.69) is 9.97 Å². The molecule has 0 aliphatic carbocycles. The Bertz CT molecular complexity index is 788. The molecule has 0 bridgehead atoms. The first-order chi connectivity index (χ1) is 10.1. The van der Waals surface area contributed by atoms with Crippen LogP contribution in [0.2, 0.25) is 5.15 Å². The highest BCUT2D eigenvalue weighted by Gasteiger charge is 2.11. The largest absolute Gasteiger partial charge is 0.228 e. The predicted molar refractivity (Wildman–Crippen MR) is 82.6 cm³/mol. The standard InChI is InChI=1S/C17H12ClFN2/c1-11-7-8-14(19)13(9-11)15-10-16(18)21-17(20-15)12-5-3-2-4-6-12/h2-10H,1H3. The monoisotopic (exact) mass is 298 g/mol. The molecule has 2 nitrogen and oxygen atoms in total. The Morgan fingerprint density at radius 1 is 0.952 bits per heavy atom. The van der Waals surface area contributed by atoms with Crippen molar-refractivity contribution in [2.45, 2.75) is 6.92 Å². The van der Waals surface area contributed by atoms with Crippen LogP contribution in [0.1, 0.15) is 5.56 Å². The third-order valence-corrected chi connectivity index (χ3v) is 3.32. The van der Waals surface area contributed by atoms with Gasteiger partial charge in [-0.15, -0.1) is 0 Å². The SMILES string of the molecule is Cc1ccc(F)c(-c2cc(Cl)nc(-c3ccccc3)n2)c1. The zero-order valence-electron chi connectivity index (χ0n) is 11.3. The summed E-state index contributed by atoms with van der Waals surface area (Å²) in [5, 5.41) is 0.291. The second kappa shape index (κ2) is 5.62. The van der Waals surface area contributed by atoms with Gasteiger partial charge in [-0.05, 0) is 19.1 Å². The fraction of sp³-hybridized carbons (Fsp3) is 0.0588. The summed E-state index contributed by atoms with van der Waals surface area (Å²) in [6, 6.07) is 16.0. The molecule has 21 heavy (non-hydrogen) atoms. The summed E-state index contributed by atoms with van der Waals surface area (Å²) in [5.41, 5.74) is 2.71. The van der Waals surface area contributed by atoms with Crippen LogP contribution in [0.25, 0.3) is 22.6 Å². The average molecular weight is 299 g/mol. The molecule has 1 heterocycles. The van der Waals surface area contributed by atoms with E-state index in [4.69, 9.17) is 11.6 Å². The molecule has 0 saturated carbocycles. The zero-order chi connectivity index (χ0) is 14.8. The number of hydrogen-bond donors (Lipinski definition) is 0. The maximum absolute atomic E-state index is 14.0. The molecule has 0 spiro atoms. The van der Waals surface area contributed by atoms with Crippen molar-refractivity contribution in [3.8, 4) is 22.6 Å². The molecule has 0 unspecified atom stereocenters. The first-order valence-corrected chi connectivity index (χ1v) is 6.88. The van der Waals surface area contributed by atoms with Crippen LogP contribution in [0.5, 0.6) is 0 Å². The van der Waals surface area contributed by atoms with Crippen LogP contribution in [-0.2, 0) is 0 Å². The Kier molecular flexibility index (Phi) is 3.67. The molecule has 0 fully saturated rings. The zero-order valence-corrected chi connectivity index (χ0v) is 12.1. The molecule has 0 radical (unpaired) electrons. The van der Waals surface area contributed by atoms with Crippen LogP contribution < -0.4 is 0 Å². The van der Waals surface area contributed by atoms with Gasteiger partial charge in [0.05, 0.1) is 5.69 Å². The lowest BCUT2D eigenvalue weighted by atomic mass is 10.1. The van der Waals surface area contributed by atoms with E-state index in [0.29, 0.717) is 22.2 Å². The summed E-state index contributed by atoms with van der Waals surface area (Å²) in [6.07, 6.45) is 0. The number of aromatic nitrogens is 2. The summed E-state index contributed by atoms with van der Waals surface area (Å²) < 4.78 is 14.0. The fourth-order valence-corrected chi connectivity index (χ4v) is 2.29. The molecule has 0 saturated heterocycles. The highest BCUT2D eigenvalue weighted by atomic mass is 35.5. The van der Waals surface area contributed by atoms with Gasteiger partial charge in [-0.1, -0.05) is 53.6 Å². The van der Waals surface area contributed by atoms with Gasteiger partial charge in [-0.25, -0.2) is 14.4 Å². The van der Waals surface area contributed by atoms with E-state index in [-0.39, 0.29) is 5.82 Å². The van der Waals surface area contributed by atoms with Crippen molar-refractivity contribution in [3.05, 3.63) is 71.1 Å². The number of nitrogens with zero attached hydrogens (tertiary/aromatic N) is 2. The van der Waals surface area contributed by atoms with Gasteiger partial charge in [0.15, 0.2) is 5.82 Å². The van der Waals surface area contributed by atoms with Gasteiger partial charge in [0.1, 0.15) is 11.0 Å². The van der Waals surface area contributed by atoms with Crippen molar-refractivity contribution >= 4 is 11.6 Å².